The summed E-state index contributed by atoms with van der Waals surface area (Å²) in [7, 11) is 3.07. The minimum atomic E-state index is -1.14. The van der Waals surface area contributed by atoms with Crippen LogP contribution in [0.15, 0.2) is 97.1 Å². The van der Waals surface area contributed by atoms with E-state index in [0.717, 1.165) is 0 Å². The number of para-hydroxylation sites is 1. The lowest BCUT2D eigenvalue weighted by molar-refractivity contribution is -0.140. The fourth-order valence-electron chi connectivity index (χ4n) is 4.56. The molecule has 0 fully saturated rings. The first-order valence-electron chi connectivity index (χ1n) is 12.9. The maximum atomic E-state index is 14.9. The second-order valence-corrected chi connectivity index (χ2v) is 9.25. The van der Waals surface area contributed by atoms with E-state index < -0.39 is 23.7 Å². The highest BCUT2D eigenvalue weighted by atomic mass is 19.1. The van der Waals surface area contributed by atoms with E-state index in [0.29, 0.717) is 33.8 Å². The van der Waals surface area contributed by atoms with Gasteiger partial charge in [0.25, 0.3) is 5.91 Å². The van der Waals surface area contributed by atoms with Crippen molar-refractivity contribution >= 4 is 28.5 Å². The second-order valence-electron chi connectivity index (χ2n) is 9.25. The van der Waals surface area contributed by atoms with Crippen LogP contribution in [-0.2, 0) is 22.7 Å². The lowest BCUT2D eigenvalue weighted by Gasteiger charge is -2.32. The van der Waals surface area contributed by atoms with Gasteiger partial charge in [-0.15, -0.1) is 5.10 Å². The summed E-state index contributed by atoms with van der Waals surface area (Å²) in [4.78, 5) is 29.4. The van der Waals surface area contributed by atoms with Crippen LogP contribution in [0.25, 0.3) is 11.0 Å². The Hall–Kier alpha value is -5.25. The van der Waals surface area contributed by atoms with Gasteiger partial charge in [-0.2, -0.15) is 0 Å². The van der Waals surface area contributed by atoms with E-state index in [-0.39, 0.29) is 18.7 Å². The summed E-state index contributed by atoms with van der Waals surface area (Å²) < 4.78 is 27.0. The van der Waals surface area contributed by atoms with Crippen LogP contribution in [0.5, 0.6) is 11.5 Å². The maximum Gasteiger partial charge on any atom is 0.251 e. The van der Waals surface area contributed by atoms with Crippen LogP contribution in [0.3, 0.4) is 0 Å². The summed E-state index contributed by atoms with van der Waals surface area (Å²) in [6.45, 7) is -0.388. The number of fused-ring (bicyclic) bond motifs is 1. The highest BCUT2D eigenvalue weighted by Gasteiger charge is 2.33. The van der Waals surface area contributed by atoms with Crippen LogP contribution in [0, 0.1) is 5.82 Å². The first-order valence-corrected chi connectivity index (χ1v) is 12.9. The SMILES string of the molecule is COc1ccc(NC(=O)C(c2cccc(OC)c2)N(Cc2ccccc2F)C(=O)Cn2nnc3ccccc32)cc1. The molecule has 0 aliphatic rings. The van der Waals surface area contributed by atoms with Crippen LogP contribution >= 0.6 is 0 Å². The van der Waals surface area contributed by atoms with Crippen LogP contribution in [0.4, 0.5) is 10.1 Å². The van der Waals surface area contributed by atoms with Gasteiger partial charge < -0.3 is 19.7 Å². The maximum absolute atomic E-state index is 14.9. The molecule has 10 heteroatoms. The Kier molecular flexibility index (Phi) is 8.19. The number of carbonyl (C=O) groups is 2. The Morgan fingerprint density at radius 1 is 0.902 bits per heavy atom. The van der Waals surface area contributed by atoms with Gasteiger partial charge in [-0.25, -0.2) is 9.07 Å². The molecule has 5 rings (SSSR count). The van der Waals surface area contributed by atoms with Crippen molar-refractivity contribution in [2.75, 3.05) is 19.5 Å². The average molecular weight is 554 g/mol. The topological polar surface area (TPSA) is 98.6 Å². The van der Waals surface area contributed by atoms with Crippen molar-refractivity contribution in [1.82, 2.24) is 19.9 Å². The molecule has 1 atom stereocenters. The van der Waals surface area contributed by atoms with Gasteiger partial charge in [-0.1, -0.05) is 47.7 Å². The molecule has 0 saturated heterocycles. The molecule has 1 unspecified atom stereocenters. The van der Waals surface area contributed by atoms with Gasteiger partial charge in [0.05, 0.1) is 19.7 Å². The zero-order valence-corrected chi connectivity index (χ0v) is 22.5. The third kappa shape index (κ3) is 6.17. The minimum Gasteiger partial charge on any atom is -0.497 e. The largest absolute Gasteiger partial charge is 0.497 e. The van der Waals surface area contributed by atoms with Crippen LogP contribution in [0.2, 0.25) is 0 Å². The number of halogens is 1. The number of carbonyl (C=O) groups excluding carboxylic acids is 2. The molecule has 1 heterocycles. The predicted octanol–water partition coefficient (Wildman–Crippen LogP) is 5.00. The quantitative estimate of drug-likeness (QED) is 0.262. The van der Waals surface area contributed by atoms with E-state index in [2.05, 4.69) is 15.6 Å². The van der Waals surface area contributed by atoms with E-state index in [1.807, 2.05) is 12.1 Å². The molecule has 1 N–H and O–H groups in total. The van der Waals surface area contributed by atoms with Crippen LogP contribution in [-0.4, -0.2) is 45.9 Å². The molecule has 0 spiro atoms. The van der Waals surface area contributed by atoms with Crippen LogP contribution in [0.1, 0.15) is 17.2 Å². The number of aromatic nitrogens is 3. The third-order valence-corrected chi connectivity index (χ3v) is 6.65. The second kappa shape index (κ2) is 12.3. The van der Waals surface area contributed by atoms with Crippen molar-refractivity contribution in [3.05, 3.63) is 114 Å². The normalized spacial score (nSPS) is 11.6. The third-order valence-electron chi connectivity index (χ3n) is 6.65. The van der Waals surface area contributed by atoms with Gasteiger partial charge >= 0.3 is 0 Å². The molecule has 9 nitrogen and oxygen atoms in total. The van der Waals surface area contributed by atoms with E-state index >= 15 is 0 Å². The summed E-state index contributed by atoms with van der Waals surface area (Å²) >= 11 is 0. The van der Waals surface area contributed by atoms with E-state index in [9.17, 15) is 14.0 Å². The van der Waals surface area contributed by atoms with Gasteiger partial charge in [0.2, 0.25) is 5.91 Å². The molecular weight excluding hydrogens is 525 g/mol. The first kappa shape index (κ1) is 27.3. The number of ether oxygens (including phenoxy) is 2. The summed E-state index contributed by atoms with van der Waals surface area (Å²) in [6.07, 6.45) is 0. The molecule has 0 bridgehead atoms. The Balaban J connectivity index is 1.57. The average Bonchev–Trinajstić information content (AvgIpc) is 3.41. The molecule has 5 aromatic rings. The fraction of sp³-hybridized carbons (Fsp3) is 0.161. The highest BCUT2D eigenvalue weighted by molar-refractivity contribution is 5.98. The zero-order chi connectivity index (χ0) is 28.8. The van der Waals surface area contributed by atoms with Crippen molar-refractivity contribution in [2.24, 2.45) is 0 Å². The number of nitrogens with zero attached hydrogens (tertiary/aromatic N) is 4. The molecule has 41 heavy (non-hydrogen) atoms. The van der Waals surface area contributed by atoms with Gasteiger partial charge in [-0.3, -0.25) is 9.59 Å². The molecule has 0 saturated carbocycles. The Morgan fingerprint density at radius 3 is 2.39 bits per heavy atom. The molecular formula is C31H28FN5O4. The lowest BCUT2D eigenvalue weighted by atomic mass is 10.0. The first-order chi connectivity index (χ1) is 20.0. The molecule has 1 aromatic heterocycles. The Bertz CT molecular complexity index is 1670. The lowest BCUT2D eigenvalue weighted by Crippen LogP contribution is -2.42. The number of anilines is 1. The summed E-state index contributed by atoms with van der Waals surface area (Å²) in [5.41, 5.74) is 2.54. The smallest absolute Gasteiger partial charge is 0.251 e. The van der Waals surface area contributed by atoms with Crippen molar-refractivity contribution in [1.29, 1.82) is 0 Å². The van der Waals surface area contributed by atoms with Gasteiger partial charge in [-0.05, 0) is 60.2 Å². The molecule has 208 valence electrons. The highest BCUT2D eigenvalue weighted by Crippen LogP contribution is 2.29. The Labute approximate surface area is 236 Å². The van der Waals surface area contributed by atoms with E-state index in [4.69, 9.17) is 9.47 Å². The van der Waals surface area contributed by atoms with Gasteiger partial charge in [0, 0.05) is 17.8 Å². The predicted molar refractivity (Wildman–Crippen MR) is 152 cm³/mol. The zero-order valence-electron chi connectivity index (χ0n) is 22.5. The summed E-state index contributed by atoms with van der Waals surface area (Å²) in [5, 5.41) is 11.2. The summed E-state index contributed by atoms with van der Waals surface area (Å²) in [6, 6.07) is 26.0. The number of hydrogen-bond acceptors (Lipinski definition) is 6. The van der Waals surface area contributed by atoms with E-state index in [1.54, 1.807) is 86.0 Å². The number of benzene rings is 4. The van der Waals surface area contributed by atoms with Crippen LogP contribution < -0.4 is 14.8 Å². The molecule has 0 aliphatic carbocycles. The van der Waals surface area contributed by atoms with Crippen molar-refractivity contribution < 1.29 is 23.5 Å². The monoisotopic (exact) mass is 553 g/mol. The fourth-order valence-corrected chi connectivity index (χ4v) is 4.56. The standard InChI is InChI=1S/C31H28FN5O4/c1-40-24-16-14-23(15-17-24)33-31(39)30(21-9-7-10-25(18-21)41-2)36(19-22-8-3-4-11-26(22)32)29(38)20-37-28-13-6-5-12-27(28)34-35-37/h3-18,30H,19-20H2,1-2H3,(H,33,39). The molecule has 0 radical (unpaired) electrons. The number of methoxy groups -OCH3 is 2. The minimum absolute atomic E-state index is 0.171. The van der Waals surface area contributed by atoms with Crippen molar-refractivity contribution in [2.45, 2.75) is 19.1 Å². The number of nitrogens with one attached hydrogen (secondary N) is 1. The summed E-state index contributed by atoms with van der Waals surface area (Å²) in [5.74, 6) is -0.302. The number of rotatable bonds is 10. The Morgan fingerprint density at radius 2 is 1.63 bits per heavy atom. The number of hydrogen-bond donors (Lipinski definition) is 1. The molecule has 2 amide bonds. The molecule has 4 aromatic carbocycles. The van der Waals surface area contributed by atoms with Gasteiger partial charge in [0.15, 0.2) is 0 Å². The van der Waals surface area contributed by atoms with E-state index in [1.165, 1.54) is 22.8 Å². The number of amides is 2. The van der Waals surface area contributed by atoms with Crippen molar-refractivity contribution in [3.63, 3.8) is 0 Å². The van der Waals surface area contributed by atoms with Gasteiger partial charge in [0.1, 0.15) is 35.4 Å². The van der Waals surface area contributed by atoms with Crippen molar-refractivity contribution in [3.8, 4) is 11.5 Å². The molecule has 0 aliphatic heterocycles.